The number of hydrogen-bond donors (Lipinski definition) is 0. The molecule has 6 heteroatoms. The van der Waals surface area contributed by atoms with Crippen molar-refractivity contribution in [2.75, 3.05) is 18.6 Å². The molecule has 0 aliphatic carbocycles. The van der Waals surface area contributed by atoms with Crippen molar-refractivity contribution >= 4 is 23.4 Å². The molecule has 20 heavy (non-hydrogen) atoms. The van der Waals surface area contributed by atoms with Crippen LogP contribution in [0, 0.1) is 10.1 Å². The molecule has 2 rings (SSSR count). The van der Waals surface area contributed by atoms with Gasteiger partial charge in [-0.05, 0) is 12.5 Å². The topological polar surface area (TPSA) is 72.7 Å². The lowest BCUT2D eigenvalue weighted by Crippen LogP contribution is -2.33. The second kappa shape index (κ2) is 5.73. The molecule has 1 aromatic carbocycles. The Labute approximate surface area is 116 Å². The van der Waals surface area contributed by atoms with Gasteiger partial charge in [-0.3, -0.25) is 14.9 Å². The molecule has 0 spiro atoms. The van der Waals surface area contributed by atoms with Crippen molar-refractivity contribution in [3.63, 3.8) is 0 Å². The van der Waals surface area contributed by atoms with Crippen molar-refractivity contribution in [3.8, 4) is 5.75 Å². The van der Waals surface area contributed by atoms with Crippen LogP contribution in [0.15, 0.2) is 18.2 Å². The number of anilines is 1. The minimum Gasteiger partial charge on any atom is -0.496 e. The van der Waals surface area contributed by atoms with Gasteiger partial charge in [0.15, 0.2) is 0 Å². The van der Waals surface area contributed by atoms with Crippen LogP contribution in [0.1, 0.15) is 25.3 Å². The van der Waals surface area contributed by atoms with Gasteiger partial charge < -0.3 is 9.64 Å². The smallest absolute Gasteiger partial charge is 0.297 e. The van der Waals surface area contributed by atoms with Gasteiger partial charge in [-0.25, -0.2) is 0 Å². The zero-order valence-electron chi connectivity index (χ0n) is 11.5. The predicted octanol–water partition coefficient (Wildman–Crippen LogP) is 2.76. The Hall–Kier alpha value is -2.37. The number of rotatable bonds is 4. The van der Waals surface area contributed by atoms with Gasteiger partial charge >= 0.3 is 0 Å². The molecule has 1 aliphatic rings. The van der Waals surface area contributed by atoms with Gasteiger partial charge in [-0.15, -0.1) is 0 Å². The number of methoxy groups -OCH3 is 1. The van der Waals surface area contributed by atoms with Crippen molar-refractivity contribution in [2.45, 2.75) is 19.8 Å². The zero-order valence-corrected chi connectivity index (χ0v) is 11.5. The van der Waals surface area contributed by atoms with Crippen LogP contribution in [-0.4, -0.2) is 24.5 Å². The van der Waals surface area contributed by atoms with Gasteiger partial charge in [0.2, 0.25) is 5.91 Å². The molecule has 0 radical (unpaired) electrons. The number of nitrogens with zero attached hydrogens (tertiary/aromatic N) is 2. The molecule has 0 saturated carbocycles. The van der Waals surface area contributed by atoms with Gasteiger partial charge in [0.1, 0.15) is 11.4 Å². The van der Waals surface area contributed by atoms with Crippen LogP contribution in [0.5, 0.6) is 5.75 Å². The Bertz CT molecular complexity index is 581. The summed E-state index contributed by atoms with van der Waals surface area (Å²) in [6.07, 6.45) is 4.68. The van der Waals surface area contributed by atoms with Gasteiger partial charge in [-0.1, -0.05) is 19.1 Å². The molecular weight excluding hydrogens is 260 g/mol. The van der Waals surface area contributed by atoms with E-state index in [-0.39, 0.29) is 11.6 Å². The molecule has 1 aliphatic heterocycles. The van der Waals surface area contributed by atoms with Gasteiger partial charge in [0, 0.05) is 18.5 Å². The van der Waals surface area contributed by atoms with Crippen LogP contribution in [0.4, 0.5) is 11.4 Å². The fraction of sp³-hybridized carbons (Fsp3) is 0.357. The molecule has 0 fully saturated rings. The molecule has 6 nitrogen and oxygen atoms in total. The number of fused-ring (bicyclic) bond motifs is 1. The third-order valence-electron chi connectivity index (χ3n) is 3.15. The molecule has 0 N–H and O–H groups in total. The lowest BCUT2D eigenvalue weighted by Gasteiger charge is -2.26. The summed E-state index contributed by atoms with van der Waals surface area (Å²) in [5.74, 6) is 0.302. The summed E-state index contributed by atoms with van der Waals surface area (Å²) in [6.45, 7) is 2.26. The molecule has 0 saturated heterocycles. The molecule has 1 amide bonds. The zero-order chi connectivity index (χ0) is 14.7. The number of carbonyl (C=O) groups excluding carboxylic acids is 1. The van der Waals surface area contributed by atoms with Crippen molar-refractivity contribution in [3.05, 3.63) is 33.9 Å². The molecule has 106 valence electrons. The van der Waals surface area contributed by atoms with Crippen molar-refractivity contribution in [1.82, 2.24) is 0 Å². The highest BCUT2D eigenvalue weighted by Gasteiger charge is 2.29. The SMILES string of the molecule is CCCC(=O)N1CC=Cc2cc(OC)cc([N+](=O)[O-])c21. The second-order valence-corrected chi connectivity index (χ2v) is 4.50. The highest BCUT2D eigenvalue weighted by molar-refractivity contribution is 6.00. The van der Waals surface area contributed by atoms with E-state index in [0.29, 0.717) is 36.4 Å². The second-order valence-electron chi connectivity index (χ2n) is 4.50. The Morgan fingerprint density at radius 1 is 1.50 bits per heavy atom. The Morgan fingerprint density at radius 3 is 2.85 bits per heavy atom. The van der Waals surface area contributed by atoms with E-state index in [1.54, 1.807) is 12.1 Å². The minimum absolute atomic E-state index is 0.104. The Kier molecular flexibility index (Phi) is 4.02. The van der Waals surface area contributed by atoms with Gasteiger partial charge in [-0.2, -0.15) is 0 Å². The Balaban J connectivity index is 2.57. The first-order valence-electron chi connectivity index (χ1n) is 6.41. The van der Waals surface area contributed by atoms with Crippen LogP contribution < -0.4 is 9.64 Å². The summed E-state index contributed by atoms with van der Waals surface area (Å²) in [7, 11) is 1.46. The van der Waals surface area contributed by atoms with E-state index in [9.17, 15) is 14.9 Å². The molecule has 0 atom stereocenters. The summed E-state index contributed by atoms with van der Waals surface area (Å²) in [4.78, 5) is 24.4. The van der Waals surface area contributed by atoms with E-state index in [1.807, 2.05) is 13.0 Å². The summed E-state index contributed by atoms with van der Waals surface area (Å²) < 4.78 is 5.07. The molecule has 1 aromatic rings. The lowest BCUT2D eigenvalue weighted by molar-refractivity contribution is -0.384. The van der Waals surface area contributed by atoms with Gasteiger partial charge in [0.25, 0.3) is 5.69 Å². The molecule has 0 bridgehead atoms. The van der Waals surface area contributed by atoms with Crippen LogP contribution in [-0.2, 0) is 4.79 Å². The quantitative estimate of drug-likeness (QED) is 0.626. The van der Waals surface area contributed by atoms with Crippen LogP contribution in [0.3, 0.4) is 0 Å². The normalized spacial score (nSPS) is 13.0. The highest BCUT2D eigenvalue weighted by atomic mass is 16.6. The van der Waals surface area contributed by atoms with E-state index in [4.69, 9.17) is 4.74 Å². The van der Waals surface area contributed by atoms with Crippen LogP contribution >= 0.6 is 0 Å². The van der Waals surface area contributed by atoms with Crippen molar-refractivity contribution in [1.29, 1.82) is 0 Å². The minimum atomic E-state index is -0.479. The lowest BCUT2D eigenvalue weighted by atomic mass is 10.0. The summed E-state index contributed by atoms with van der Waals surface area (Å²) in [6, 6.07) is 3.05. The van der Waals surface area contributed by atoms with Crippen molar-refractivity contribution < 1.29 is 14.5 Å². The Morgan fingerprint density at radius 2 is 2.25 bits per heavy atom. The van der Waals surface area contributed by atoms with E-state index in [2.05, 4.69) is 0 Å². The predicted molar refractivity (Wildman–Crippen MR) is 75.9 cm³/mol. The van der Waals surface area contributed by atoms with E-state index in [1.165, 1.54) is 18.1 Å². The number of amides is 1. The third kappa shape index (κ3) is 2.49. The average molecular weight is 276 g/mol. The molecule has 0 unspecified atom stereocenters. The van der Waals surface area contributed by atoms with Crippen molar-refractivity contribution in [2.24, 2.45) is 0 Å². The third-order valence-corrected chi connectivity index (χ3v) is 3.15. The summed E-state index contributed by atoms with van der Waals surface area (Å²) >= 11 is 0. The van der Waals surface area contributed by atoms with E-state index >= 15 is 0 Å². The number of ether oxygens (including phenoxy) is 1. The highest BCUT2D eigenvalue weighted by Crippen LogP contribution is 2.39. The fourth-order valence-corrected chi connectivity index (χ4v) is 2.24. The van der Waals surface area contributed by atoms with E-state index < -0.39 is 4.92 Å². The molecular formula is C14H16N2O4. The maximum atomic E-state index is 12.1. The van der Waals surface area contributed by atoms with E-state index in [0.717, 1.165) is 0 Å². The maximum absolute atomic E-state index is 12.1. The molecule has 0 aromatic heterocycles. The largest absolute Gasteiger partial charge is 0.496 e. The number of benzene rings is 1. The average Bonchev–Trinajstić information content (AvgIpc) is 2.45. The summed E-state index contributed by atoms with van der Waals surface area (Å²) in [5, 5.41) is 11.3. The first kappa shape index (κ1) is 14.0. The number of nitro groups is 1. The van der Waals surface area contributed by atoms with Crippen LogP contribution in [0.25, 0.3) is 6.08 Å². The fourth-order valence-electron chi connectivity index (χ4n) is 2.24. The first-order chi connectivity index (χ1) is 9.58. The molecule has 1 heterocycles. The van der Waals surface area contributed by atoms with Crippen LogP contribution in [0.2, 0.25) is 0 Å². The van der Waals surface area contributed by atoms with Gasteiger partial charge in [0.05, 0.1) is 18.1 Å². The number of carbonyl (C=O) groups is 1. The summed E-state index contributed by atoms with van der Waals surface area (Å²) in [5.41, 5.74) is 0.886. The standard InChI is InChI=1S/C14H16N2O4/c1-3-5-13(17)15-7-4-6-10-8-11(20-2)9-12(14(10)15)16(18)19/h4,6,8-9H,3,5,7H2,1-2H3. The number of hydrogen-bond acceptors (Lipinski definition) is 4. The monoisotopic (exact) mass is 276 g/mol. The number of nitro benzene ring substituents is 1. The first-order valence-corrected chi connectivity index (χ1v) is 6.41. The maximum Gasteiger partial charge on any atom is 0.297 e.